The van der Waals surface area contributed by atoms with Gasteiger partial charge in [0, 0.05) is 17.8 Å². The van der Waals surface area contributed by atoms with Gasteiger partial charge in [0.25, 0.3) is 5.91 Å². The summed E-state index contributed by atoms with van der Waals surface area (Å²) in [5.74, 6) is 0.700. The van der Waals surface area contributed by atoms with E-state index in [-0.39, 0.29) is 18.2 Å². The van der Waals surface area contributed by atoms with Gasteiger partial charge in [0.15, 0.2) is 0 Å². The number of carbonyl (C=O) groups excluding carboxylic acids is 2. The first-order chi connectivity index (χ1) is 18.4. The highest BCUT2D eigenvalue weighted by Crippen LogP contribution is 2.23. The van der Waals surface area contributed by atoms with Crippen LogP contribution < -0.4 is 15.0 Å². The van der Waals surface area contributed by atoms with E-state index in [9.17, 15) is 9.59 Å². The second-order valence-electron chi connectivity index (χ2n) is 9.49. The van der Waals surface area contributed by atoms with Crippen molar-refractivity contribution in [1.29, 1.82) is 0 Å². The molecule has 0 unspecified atom stereocenters. The standard InChI is InChI=1S/C33H34N2O3/c1-24-11-13-27(14-12-24)23-35(33(37)31-10-5-4-7-25(31)2)29-9-6-8-28(21-29)22-32(36)34-20-19-26-15-17-30(38-3)18-16-26/h4-18,21H,19-20,22-23H2,1-3H3,(H,34,36). The lowest BCUT2D eigenvalue weighted by Crippen LogP contribution is -2.31. The highest BCUT2D eigenvalue weighted by atomic mass is 16.5. The van der Waals surface area contributed by atoms with Gasteiger partial charge < -0.3 is 15.0 Å². The van der Waals surface area contributed by atoms with Crippen LogP contribution in [0.3, 0.4) is 0 Å². The third-order valence-corrected chi connectivity index (χ3v) is 6.56. The van der Waals surface area contributed by atoms with E-state index in [2.05, 4.69) is 17.4 Å². The monoisotopic (exact) mass is 506 g/mol. The van der Waals surface area contributed by atoms with Gasteiger partial charge in [0.2, 0.25) is 5.91 Å². The van der Waals surface area contributed by atoms with Crippen LogP contribution in [0.15, 0.2) is 97.1 Å². The van der Waals surface area contributed by atoms with Crippen LogP contribution in [0.2, 0.25) is 0 Å². The maximum absolute atomic E-state index is 13.7. The first-order valence-corrected chi connectivity index (χ1v) is 12.8. The lowest BCUT2D eigenvalue weighted by atomic mass is 10.0. The minimum atomic E-state index is -0.0650. The molecule has 1 N–H and O–H groups in total. The smallest absolute Gasteiger partial charge is 0.258 e. The van der Waals surface area contributed by atoms with Crippen LogP contribution in [-0.2, 0) is 24.2 Å². The Balaban J connectivity index is 1.47. The number of nitrogens with one attached hydrogen (secondary N) is 1. The lowest BCUT2D eigenvalue weighted by Gasteiger charge is -2.24. The molecule has 2 amide bonds. The molecule has 0 spiro atoms. The molecule has 0 bridgehead atoms. The predicted octanol–water partition coefficient (Wildman–Crippen LogP) is 6.06. The maximum atomic E-state index is 13.7. The Morgan fingerprint density at radius 1 is 0.789 bits per heavy atom. The zero-order valence-electron chi connectivity index (χ0n) is 22.2. The topological polar surface area (TPSA) is 58.6 Å². The number of methoxy groups -OCH3 is 1. The zero-order valence-corrected chi connectivity index (χ0v) is 22.2. The van der Waals surface area contributed by atoms with Crippen LogP contribution in [0.4, 0.5) is 5.69 Å². The molecule has 0 aliphatic heterocycles. The summed E-state index contributed by atoms with van der Waals surface area (Å²) in [5.41, 5.74) is 6.57. The Morgan fingerprint density at radius 2 is 1.50 bits per heavy atom. The van der Waals surface area contributed by atoms with Crippen LogP contribution in [0.1, 0.15) is 38.2 Å². The van der Waals surface area contributed by atoms with Gasteiger partial charge in [0.1, 0.15) is 5.75 Å². The van der Waals surface area contributed by atoms with Gasteiger partial charge in [0.05, 0.1) is 20.1 Å². The van der Waals surface area contributed by atoms with E-state index in [1.165, 1.54) is 5.56 Å². The van der Waals surface area contributed by atoms with E-state index in [1.54, 1.807) is 12.0 Å². The molecule has 0 aliphatic rings. The normalized spacial score (nSPS) is 10.6. The fourth-order valence-electron chi connectivity index (χ4n) is 4.34. The average Bonchev–Trinajstić information content (AvgIpc) is 2.93. The molecule has 0 saturated heterocycles. The van der Waals surface area contributed by atoms with Crippen molar-refractivity contribution in [2.24, 2.45) is 0 Å². The van der Waals surface area contributed by atoms with E-state index < -0.39 is 0 Å². The van der Waals surface area contributed by atoms with Crippen LogP contribution >= 0.6 is 0 Å². The zero-order chi connectivity index (χ0) is 26.9. The number of anilines is 1. The summed E-state index contributed by atoms with van der Waals surface area (Å²) in [4.78, 5) is 28.2. The maximum Gasteiger partial charge on any atom is 0.258 e. The summed E-state index contributed by atoms with van der Waals surface area (Å²) < 4.78 is 5.19. The van der Waals surface area contributed by atoms with Crippen molar-refractivity contribution in [2.45, 2.75) is 33.2 Å². The Bertz CT molecular complexity index is 1380. The van der Waals surface area contributed by atoms with E-state index in [0.29, 0.717) is 18.7 Å². The van der Waals surface area contributed by atoms with Gasteiger partial charge in [-0.2, -0.15) is 0 Å². The fourth-order valence-corrected chi connectivity index (χ4v) is 4.34. The van der Waals surface area contributed by atoms with Crippen molar-refractivity contribution in [2.75, 3.05) is 18.6 Å². The van der Waals surface area contributed by atoms with E-state index in [1.807, 2.05) is 98.8 Å². The van der Waals surface area contributed by atoms with Gasteiger partial charge in [-0.15, -0.1) is 0 Å². The number of carbonyl (C=O) groups is 2. The second kappa shape index (κ2) is 12.7. The van der Waals surface area contributed by atoms with Crippen molar-refractivity contribution in [3.63, 3.8) is 0 Å². The Kier molecular flexibility index (Phi) is 8.94. The van der Waals surface area contributed by atoms with Crippen molar-refractivity contribution < 1.29 is 14.3 Å². The van der Waals surface area contributed by atoms with Crippen molar-refractivity contribution >= 4 is 17.5 Å². The van der Waals surface area contributed by atoms with Crippen LogP contribution in [-0.4, -0.2) is 25.5 Å². The fraction of sp³-hybridized carbons (Fsp3) is 0.212. The largest absolute Gasteiger partial charge is 0.497 e. The van der Waals surface area contributed by atoms with E-state index >= 15 is 0 Å². The number of aryl methyl sites for hydroxylation is 2. The van der Waals surface area contributed by atoms with Gasteiger partial charge >= 0.3 is 0 Å². The quantitative estimate of drug-likeness (QED) is 0.284. The lowest BCUT2D eigenvalue weighted by molar-refractivity contribution is -0.120. The molecular weight excluding hydrogens is 472 g/mol. The summed E-state index contributed by atoms with van der Waals surface area (Å²) in [6.07, 6.45) is 0.985. The molecule has 4 aromatic rings. The first kappa shape index (κ1) is 26.7. The first-order valence-electron chi connectivity index (χ1n) is 12.8. The van der Waals surface area contributed by atoms with Gasteiger partial charge in [-0.1, -0.05) is 72.3 Å². The summed E-state index contributed by atoms with van der Waals surface area (Å²) in [6.45, 7) is 4.98. The summed E-state index contributed by atoms with van der Waals surface area (Å²) in [7, 11) is 1.64. The number of nitrogens with zero attached hydrogens (tertiary/aromatic N) is 1. The van der Waals surface area contributed by atoms with Crippen LogP contribution in [0.5, 0.6) is 5.75 Å². The molecule has 0 aliphatic carbocycles. The minimum Gasteiger partial charge on any atom is -0.497 e. The highest BCUT2D eigenvalue weighted by molar-refractivity contribution is 6.07. The number of hydrogen-bond donors (Lipinski definition) is 1. The number of hydrogen-bond acceptors (Lipinski definition) is 3. The van der Waals surface area contributed by atoms with Gasteiger partial charge in [-0.25, -0.2) is 0 Å². The molecular formula is C33H34N2O3. The van der Waals surface area contributed by atoms with Crippen molar-refractivity contribution in [3.05, 3.63) is 130 Å². The van der Waals surface area contributed by atoms with Gasteiger partial charge in [-0.3, -0.25) is 9.59 Å². The minimum absolute atomic E-state index is 0.0500. The molecule has 0 heterocycles. The Labute approximate surface area is 225 Å². The summed E-state index contributed by atoms with van der Waals surface area (Å²) in [5, 5.41) is 3.01. The number of amides is 2. The Morgan fingerprint density at radius 3 is 2.21 bits per heavy atom. The molecule has 0 aromatic heterocycles. The SMILES string of the molecule is COc1ccc(CCNC(=O)Cc2cccc(N(Cc3ccc(C)cc3)C(=O)c3ccccc3C)c2)cc1. The average molecular weight is 507 g/mol. The third-order valence-electron chi connectivity index (χ3n) is 6.56. The number of ether oxygens (including phenoxy) is 1. The summed E-state index contributed by atoms with van der Waals surface area (Å²) in [6, 6.07) is 31.4. The molecule has 0 fully saturated rings. The number of benzene rings is 4. The van der Waals surface area contributed by atoms with Crippen molar-refractivity contribution in [3.8, 4) is 5.75 Å². The number of rotatable bonds is 10. The third kappa shape index (κ3) is 7.10. The highest BCUT2D eigenvalue weighted by Gasteiger charge is 2.20. The van der Waals surface area contributed by atoms with Gasteiger partial charge in [-0.05, 0) is 72.9 Å². The second-order valence-corrected chi connectivity index (χ2v) is 9.49. The molecule has 5 heteroatoms. The summed E-state index contributed by atoms with van der Waals surface area (Å²) >= 11 is 0. The Hall–Kier alpha value is -4.38. The molecule has 0 saturated carbocycles. The molecule has 4 aromatic carbocycles. The molecule has 38 heavy (non-hydrogen) atoms. The molecule has 0 atom stereocenters. The predicted molar refractivity (Wildman–Crippen MR) is 153 cm³/mol. The van der Waals surface area contributed by atoms with E-state index in [0.717, 1.165) is 40.1 Å². The molecule has 0 radical (unpaired) electrons. The van der Waals surface area contributed by atoms with E-state index in [4.69, 9.17) is 4.74 Å². The molecule has 4 rings (SSSR count). The van der Waals surface area contributed by atoms with Crippen molar-refractivity contribution in [1.82, 2.24) is 5.32 Å². The van der Waals surface area contributed by atoms with Crippen LogP contribution in [0, 0.1) is 13.8 Å². The molecule has 194 valence electrons. The van der Waals surface area contributed by atoms with Crippen LogP contribution in [0.25, 0.3) is 0 Å². The molecule has 5 nitrogen and oxygen atoms in total.